The molecule has 2 aromatic rings. The van der Waals surface area contributed by atoms with Crippen molar-refractivity contribution in [3.05, 3.63) is 57.9 Å². The van der Waals surface area contributed by atoms with E-state index in [9.17, 15) is 9.82 Å². The van der Waals surface area contributed by atoms with Crippen LogP contribution in [0.25, 0.3) is 0 Å². The molecule has 1 aliphatic heterocycles. The monoisotopic (exact) mass is 329 g/mol. The van der Waals surface area contributed by atoms with Gasteiger partial charge in [-0.2, -0.15) is 0 Å². The topological polar surface area (TPSA) is 59.4 Å². The average Bonchev–Trinajstić information content (AvgIpc) is 2.68. The van der Waals surface area contributed by atoms with Gasteiger partial charge < -0.3 is 9.68 Å². The molecule has 0 aliphatic carbocycles. The van der Waals surface area contributed by atoms with E-state index in [0.717, 1.165) is 16.7 Å². The van der Waals surface area contributed by atoms with Gasteiger partial charge in [0.05, 0.1) is 10.6 Å². The van der Waals surface area contributed by atoms with E-state index in [1.54, 1.807) is 12.3 Å². The molecule has 118 valence electrons. The normalized spacial score (nSPS) is 15.6. The number of carbonyl (C=O) groups is 1. The van der Waals surface area contributed by atoms with Gasteiger partial charge in [0, 0.05) is 12.6 Å². The lowest BCUT2D eigenvalue weighted by molar-refractivity contribution is 0.0987. The lowest BCUT2D eigenvalue weighted by Gasteiger charge is -2.19. The second-order valence-electron chi connectivity index (χ2n) is 6.35. The Morgan fingerprint density at radius 2 is 2.13 bits per heavy atom. The summed E-state index contributed by atoms with van der Waals surface area (Å²) < 4.78 is 5.53. The van der Waals surface area contributed by atoms with Crippen molar-refractivity contribution in [3.8, 4) is 0 Å². The minimum atomic E-state index is -0.962. The van der Waals surface area contributed by atoms with Crippen LogP contribution in [0.4, 0.5) is 0 Å². The van der Waals surface area contributed by atoms with Gasteiger partial charge in [-0.3, -0.25) is 9.78 Å². The first-order valence-corrected chi connectivity index (χ1v) is 7.80. The molecule has 0 fully saturated rings. The van der Waals surface area contributed by atoms with E-state index < -0.39 is 12.7 Å². The van der Waals surface area contributed by atoms with Crippen molar-refractivity contribution in [2.24, 2.45) is 0 Å². The van der Waals surface area contributed by atoms with Crippen molar-refractivity contribution < 1.29 is 14.5 Å². The first kappa shape index (κ1) is 16.2. The molecule has 0 atom stereocenters. The van der Waals surface area contributed by atoms with Crippen LogP contribution in [-0.2, 0) is 16.7 Å². The summed E-state index contributed by atoms with van der Waals surface area (Å²) in [6, 6.07) is 7.32. The number of pyridine rings is 1. The summed E-state index contributed by atoms with van der Waals surface area (Å²) in [5, 5.41) is 10.4. The Hall–Kier alpha value is -1.69. The van der Waals surface area contributed by atoms with Gasteiger partial charge in [-0.25, -0.2) is 0 Å². The van der Waals surface area contributed by atoms with Gasteiger partial charge in [-0.15, -0.1) is 0 Å². The SMILES string of the molecule is Cc1cnc(C(=O)Cc2ccc3c(c2)B(O)OC3(C)C)c(Cl)c1. The Morgan fingerprint density at radius 1 is 1.39 bits per heavy atom. The fourth-order valence-corrected chi connectivity index (χ4v) is 3.21. The molecule has 0 radical (unpaired) electrons. The van der Waals surface area contributed by atoms with Gasteiger partial charge in [0.1, 0.15) is 5.69 Å². The number of halogens is 1. The molecule has 2 heterocycles. The van der Waals surface area contributed by atoms with E-state index in [2.05, 4.69) is 4.98 Å². The molecular formula is C17H17BClNO3. The Bertz CT molecular complexity index is 791. The lowest BCUT2D eigenvalue weighted by Crippen LogP contribution is -2.29. The Labute approximate surface area is 140 Å². The predicted molar refractivity (Wildman–Crippen MR) is 90.2 cm³/mol. The maximum absolute atomic E-state index is 12.4. The Balaban J connectivity index is 1.87. The zero-order chi connectivity index (χ0) is 16.8. The number of aromatic nitrogens is 1. The highest BCUT2D eigenvalue weighted by Gasteiger charge is 2.40. The molecule has 1 N–H and O–H groups in total. The van der Waals surface area contributed by atoms with Crippen molar-refractivity contribution in [1.29, 1.82) is 0 Å². The van der Waals surface area contributed by atoms with E-state index in [1.165, 1.54) is 0 Å². The minimum absolute atomic E-state index is 0.150. The third-order valence-electron chi connectivity index (χ3n) is 4.04. The summed E-state index contributed by atoms with van der Waals surface area (Å²) in [6.07, 6.45) is 1.80. The van der Waals surface area contributed by atoms with Crippen LogP contribution in [0.15, 0.2) is 30.5 Å². The number of hydrogen-bond acceptors (Lipinski definition) is 4. The quantitative estimate of drug-likeness (QED) is 0.694. The predicted octanol–water partition coefficient (Wildman–Crippen LogP) is 2.42. The van der Waals surface area contributed by atoms with Crippen LogP contribution in [-0.4, -0.2) is 22.9 Å². The fraction of sp³-hybridized carbons (Fsp3) is 0.294. The minimum Gasteiger partial charge on any atom is -0.423 e. The smallest absolute Gasteiger partial charge is 0.423 e. The van der Waals surface area contributed by atoms with Crippen LogP contribution in [0.2, 0.25) is 5.02 Å². The molecule has 0 spiro atoms. The van der Waals surface area contributed by atoms with Gasteiger partial charge >= 0.3 is 7.12 Å². The molecule has 1 aromatic heterocycles. The lowest BCUT2D eigenvalue weighted by atomic mass is 9.77. The fourth-order valence-electron chi connectivity index (χ4n) is 2.89. The molecule has 6 heteroatoms. The van der Waals surface area contributed by atoms with Gasteiger partial charge in [0.15, 0.2) is 5.78 Å². The van der Waals surface area contributed by atoms with Crippen molar-refractivity contribution in [1.82, 2.24) is 4.98 Å². The maximum atomic E-state index is 12.4. The zero-order valence-corrected chi connectivity index (χ0v) is 14.0. The largest absolute Gasteiger partial charge is 0.492 e. The van der Waals surface area contributed by atoms with Crippen molar-refractivity contribution in [3.63, 3.8) is 0 Å². The highest BCUT2D eigenvalue weighted by Crippen LogP contribution is 2.30. The second-order valence-corrected chi connectivity index (χ2v) is 6.75. The molecule has 0 amide bonds. The van der Waals surface area contributed by atoms with Crippen LogP contribution < -0.4 is 5.46 Å². The number of fused-ring (bicyclic) bond motifs is 1. The number of hydrogen-bond donors (Lipinski definition) is 1. The van der Waals surface area contributed by atoms with Crippen LogP contribution in [0.3, 0.4) is 0 Å². The third-order valence-corrected chi connectivity index (χ3v) is 4.33. The van der Waals surface area contributed by atoms with Crippen molar-refractivity contribution >= 4 is 30.0 Å². The van der Waals surface area contributed by atoms with Crippen LogP contribution in [0, 0.1) is 6.92 Å². The first-order chi connectivity index (χ1) is 10.8. The number of benzene rings is 1. The standard InChI is InChI=1S/C17H17BClNO3/c1-10-6-14(19)16(20-9-10)15(21)8-11-4-5-12-13(7-11)18(22)23-17(12,2)3/h4-7,9,22H,8H2,1-3H3. The van der Waals surface area contributed by atoms with Gasteiger partial charge in [0.2, 0.25) is 0 Å². The maximum Gasteiger partial charge on any atom is 0.492 e. The van der Waals surface area contributed by atoms with Gasteiger partial charge in [0.25, 0.3) is 0 Å². The van der Waals surface area contributed by atoms with Crippen LogP contribution in [0.1, 0.15) is 41.0 Å². The molecule has 0 saturated carbocycles. The first-order valence-electron chi connectivity index (χ1n) is 7.42. The molecule has 4 nitrogen and oxygen atoms in total. The molecule has 23 heavy (non-hydrogen) atoms. The highest BCUT2D eigenvalue weighted by atomic mass is 35.5. The number of aryl methyl sites for hydroxylation is 1. The number of nitrogens with zero attached hydrogens (tertiary/aromatic N) is 1. The van der Waals surface area contributed by atoms with Crippen LogP contribution >= 0.6 is 11.6 Å². The second kappa shape index (κ2) is 5.75. The molecule has 1 aromatic carbocycles. The summed E-state index contributed by atoms with van der Waals surface area (Å²) in [5.74, 6) is -0.150. The van der Waals surface area contributed by atoms with Crippen LogP contribution in [0.5, 0.6) is 0 Å². The summed E-state index contributed by atoms with van der Waals surface area (Å²) >= 11 is 6.10. The summed E-state index contributed by atoms with van der Waals surface area (Å²) in [6.45, 7) is 5.68. The molecule has 0 saturated heterocycles. The van der Waals surface area contributed by atoms with E-state index in [-0.39, 0.29) is 17.9 Å². The van der Waals surface area contributed by atoms with Crippen molar-refractivity contribution in [2.45, 2.75) is 32.8 Å². The molecular weight excluding hydrogens is 312 g/mol. The van der Waals surface area contributed by atoms with Crippen molar-refractivity contribution in [2.75, 3.05) is 0 Å². The summed E-state index contributed by atoms with van der Waals surface area (Å²) in [7, 11) is -0.962. The average molecular weight is 330 g/mol. The molecule has 0 unspecified atom stereocenters. The number of Topliss-reactive ketones (excluding diaryl/α,β-unsaturated/α-hetero) is 1. The third kappa shape index (κ3) is 3.04. The number of rotatable bonds is 3. The van der Waals surface area contributed by atoms with Gasteiger partial charge in [-0.05, 0) is 49.0 Å². The molecule has 3 rings (SSSR count). The summed E-state index contributed by atoms with van der Waals surface area (Å²) in [5.41, 5.74) is 3.10. The number of ketones is 1. The van der Waals surface area contributed by atoms with E-state index in [0.29, 0.717) is 10.5 Å². The highest BCUT2D eigenvalue weighted by molar-refractivity contribution is 6.62. The van der Waals surface area contributed by atoms with E-state index >= 15 is 0 Å². The summed E-state index contributed by atoms with van der Waals surface area (Å²) in [4.78, 5) is 16.5. The van der Waals surface area contributed by atoms with Gasteiger partial charge in [-0.1, -0.05) is 29.8 Å². The van der Waals surface area contributed by atoms with E-state index in [4.69, 9.17) is 16.3 Å². The zero-order valence-electron chi connectivity index (χ0n) is 13.3. The molecule has 1 aliphatic rings. The Morgan fingerprint density at radius 3 is 2.83 bits per heavy atom. The number of carbonyl (C=O) groups excluding carboxylic acids is 1. The molecule has 0 bridgehead atoms. The van der Waals surface area contributed by atoms with E-state index in [1.807, 2.05) is 39.0 Å². The Kier molecular flexibility index (Phi) is 4.04.